The molecule has 3 nitrogen and oxygen atoms in total. The van der Waals surface area contributed by atoms with Gasteiger partial charge in [0.15, 0.2) is 0 Å². The van der Waals surface area contributed by atoms with E-state index in [0.29, 0.717) is 22.8 Å². The number of aryl methyl sites for hydroxylation is 1. The van der Waals surface area contributed by atoms with Crippen LogP contribution in [0.15, 0.2) is 42.5 Å². The molecule has 1 aliphatic carbocycles. The Balaban J connectivity index is 1.51. The molecule has 188 valence electrons. The van der Waals surface area contributed by atoms with Gasteiger partial charge in [-0.2, -0.15) is 5.26 Å². The predicted octanol–water partition coefficient (Wildman–Crippen LogP) is 9.14. The van der Waals surface area contributed by atoms with Gasteiger partial charge in [0.05, 0.1) is 11.1 Å². The Morgan fingerprint density at radius 3 is 2.26 bits per heavy atom. The molecule has 0 bridgehead atoms. The zero-order valence-electron chi connectivity index (χ0n) is 21.9. The van der Waals surface area contributed by atoms with E-state index in [9.17, 15) is 10.1 Å². The number of benzene rings is 2. The lowest BCUT2D eigenvalue weighted by Gasteiger charge is -2.29. The maximum atomic E-state index is 12.8. The summed E-state index contributed by atoms with van der Waals surface area (Å²) in [7, 11) is 0. The summed E-state index contributed by atoms with van der Waals surface area (Å²) in [6, 6.07) is 15.7. The van der Waals surface area contributed by atoms with Crippen molar-refractivity contribution in [2.45, 2.75) is 110 Å². The Morgan fingerprint density at radius 2 is 1.57 bits per heavy atom. The summed E-state index contributed by atoms with van der Waals surface area (Å²) in [5.74, 6) is 1.44. The molecule has 0 saturated heterocycles. The molecule has 0 atom stereocenters. The first kappa shape index (κ1) is 27.0. The van der Waals surface area contributed by atoms with E-state index >= 15 is 0 Å². The number of hydrogen-bond donors (Lipinski definition) is 0. The molecule has 2 aromatic carbocycles. The van der Waals surface area contributed by atoms with E-state index in [4.69, 9.17) is 4.74 Å². The third-order valence-electron chi connectivity index (χ3n) is 7.62. The van der Waals surface area contributed by atoms with E-state index in [-0.39, 0.29) is 0 Å². The van der Waals surface area contributed by atoms with Crippen LogP contribution in [0.1, 0.15) is 130 Å². The summed E-state index contributed by atoms with van der Waals surface area (Å²) in [5, 5.41) is 9.59. The van der Waals surface area contributed by atoms with Gasteiger partial charge in [-0.25, -0.2) is 4.79 Å². The Labute approximate surface area is 212 Å². The molecule has 0 unspecified atom stereocenters. The summed E-state index contributed by atoms with van der Waals surface area (Å²) >= 11 is 0. The largest absolute Gasteiger partial charge is 0.422 e. The van der Waals surface area contributed by atoms with Crippen molar-refractivity contribution < 1.29 is 9.53 Å². The Morgan fingerprint density at radius 1 is 0.886 bits per heavy atom. The van der Waals surface area contributed by atoms with Crippen LogP contribution in [0.4, 0.5) is 0 Å². The number of carbonyl (C=O) groups is 1. The molecule has 3 rings (SSSR count). The van der Waals surface area contributed by atoms with E-state index in [1.807, 2.05) is 24.3 Å². The summed E-state index contributed by atoms with van der Waals surface area (Å²) in [6.07, 6.45) is 17.6. The van der Waals surface area contributed by atoms with Gasteiger partial charge >= 0.3 is 5.97 Å². The minimum atomic E-state index is -0.403. The number of rotatable bonds is 13. The van der Waals surface area contributed by atoms with Crippen LogP contribution in [-0.4, -0.2) is 5.97 Å². The van der Waals surface area contributed by atoms with Crippen molar-refractivity contribution in [3.63, 3.8) is 0 Å². The van der Waals surface area contributed by atoms with Crippen LogP contribution in [0.5, 0.6) is 5.75 Å². The Kier molecular flexibility index (Phi) is 11.4. The van der Waals surface area contributed by atoms with Crippen LogP contribution in [0.2, 0.25) is 0 Å². The number of ether oxygens (including phenoxy) is 1. The minimum Gasteiger partial charge on any atom is -0.422 e. The standard InChI is InChI=1S/C32H43NO2/c1-3-5-7-8-10-12-26-15-22-31(30(23-26)24-33)35-32(34)29-20-18-28(19-21-29)27-16-13-25(14-17-27)11-9-6-4-2/h15,18-23,25,27H,3-14,16-17H2,1-2H3/t25-,27-. The summed E-state index contributed by atoms with van der Waals surface area (Å²) in [6.45, 7) is 4.49. The zero-order chi connectivity index (χ0) is 24.9. The number of nitrogens with zero attached hydrogens (tertiary/aromatic N) is 1. The van der Waals surface area contributed by atoms with Gasteiger partial charge in [-0.1, -0.05) is 83.4 Å². The molecule has 1 aliphatic rings. The van der Waals surface area contributed by atoms with E-state index in [1.54, 1.807) is 6.07 Å². The molecule has 2 aromatic rings. The Hall–Kier alpha value is -2.60. The van der Waals surface area contributed by atoms with Crippen molar-refractivity contribution in [1.82, 2.24) is 0 Å². The molecule has 1 saturated carbocycles. The van der Waals surface area contributed by atoms with Crippen molar-refractivity contribution >= 4 is 5.97 Å². The van der Waals surface area contributed by atoms with Crippen LogP contribution in [0.3, 0.4) is 0 Å². The van der Waals surface area contributed by atoms with E-state index in [2.05, 4.69) is 32.0 Å². The van der Waals surface area contributed by atoms with Gasteiger partial charge in [-0.3, -0.25) is 0 Å². The fourth-order valence-corrected chi connectivity index (χ4v) is 5.36. The lowest BCUT2D eigenvalue weighted by Crippen LogP contribution is -2.14. The molecule has 0 N–H and O–H groups in total. The molecule has 35 heavy (non-hydrogen) atoms. The number of nitriles is 1. The van der Waals surface area contributed by atoms with Gasteiger partial charge in [-0.05, 0) is 85.8 Å². The van der Waals surface area contributed by atoms with Gasteiger partial charge in [0, 0.05) is 0 Å². The van der Waals surface area contributed by atoms with Crippen LogP contribution in [-0.2, 0) is 6.42 Å². The van der Waals surface area contributed by atoms with Crippen LogP contribution in [0.25, 0.3) is 0 Å². The summed E-state index contributed by atoms with van der Waals surface area (Å²) in [5.41, 5.74) is 3.42. The quantitative estimate of drug-likeness (QED) is 0.165. The summed E-state index contributed by atoms with van der Waals surface area (Å²) in [4.78, 5) is 12.8. The van der Waals surface area contributed by atoms with Crippen molar-refractivity contribution in [2.24, 2.45) is 5.92 Å². The molecular formula is C32H43NO2. The molecule has 0 amide bonds. The highest BCUT2D eigenvalue weighted by atomic mass is 16.5. The highest BCUT2D eigenvalue weighted by Gasteiger charge is 2.22. The lowest BCUT2D eigenvalue weighted by atomic mass is 9.77. The molecule has 0 heterocycles. The molecule has 0 aromatic heterocycles. The molecule has 1 fully saturated rings. The van der Waals surface area contributed by atoms with Crippen molar-refractivity contribution in [2.75, 3.05) is 0 Å². The topological polar surface area (TPSA) is 50.1 Å². The lowest BCUT2D eigenvalue weighted by molar-refractivity contribution is 0.0734. The molecule has 0 spiro atoms. The first-order valence-corrected chi connectivity index (χ1v) is 14.0. The molecule has 0 radical (unpaired) electrons. The van der Waals surface area contributed by atoms with E-state index < -0.39 is 5.97 Å². The second-order valence-corrected chi connectivity index (χ2v) is 10.3. The van der Waals surface area contributed by atoms with Crippen molar-refractivity contribution in [1.29, 1.82) is 5.26 Å². The van der Waals surface area contributed by atoms with Gasteiger partial charge < -0.3 is 4.74 Å². The zero-order valence-corrected chi connectivity index (χ0v) is 21.9. The molecule has 0 aliphatic heterocycles. The highest BCUT2D eigenvalue weighted by molar-refractivity contribution is 5.91. The molecule has 3 heteroatoms. The van der Waals surface area contributed by atoms with Crippen LogP contribution >= 0.6 is 0 Å². The van der Waals surface area contributed by atoms with Crippen LogP contribution in [0, 0.1) is 17.2 Å². The maximum Gasteiger partial charge on any atom is 0.343 e. The van der Waals surface area contributed by atoms with Crippen molar-refractivity contribution in [3.8, 4) is 11.8 Å². The SMILES string of the molecule is CCCCCCCc1ccc(OC(=O)c2ccc([C@H]3CC[C@H](CCCCC)CC3)cc2)c(C#N)c1. The Bertz CT molecular complexity index is 949. The van der Waals surface area contributed by atoms with Gasteiger partial charge in [0.2, 0.25) is 0 Å². The maximum absolute atomic E-state index is 12.8. The van der Waals surface area contributed by atoms with Crippen molar-refractivity contribution in [3.05, 3.63) is 64.7 Å². The van der Waals surface area contributed by atoms with E-state index in [1.165, 1.54) is 82.6 Å². The second kappa shape index (κ2) is 14.7. The predicted molar refractivity (Wildman–Crippen MR) is 144 cm³/mol. The average Bonchev–Trinajstić information content (AvgIpc) is 2.90. The molecular weight excluding hydrogens is 430 g/mol. The number of hydrogen-bond acceptors (Lipinski definition) is 3. The third-order valence-corrected chi connectivity index (χ3v) is 7.62. The fraction of sp³-hybridized carbons (Fsp3) is 0.562. The third kappa shape index (κ3) is 8.53. The average molecular weight is 474 g/mol. The van der Waals surface area contributed by atoms with Gasteiger partial charge in [-0.15, -0.1) is 0 Å². The van der Waals surface area contributed by atoms with Gasteiger partial charge in [0.25, 0.3) is 0 Å². The normalized spacial score (nSPS) is 17.6. The van der Waals surface area contributed by atoms with Gasteiger partial charge in [0.1, 0.15) is 11.8 Å². The highest BCUT2D eigenvalue weighted by Crippen LogP contribution is 2.37. The minimum absolute atomic E-state index is 0.345. The number of esters is 1. The number of carbonyl (C=O) groups excluding carboxylic acids is 1. The monoisotopic (exact) mass is 473 g/mol. The first-order chi connectivity index (χ1) is 17.1. The second-order valence-electron chi connectivity index (χ2n) is 10.3. The fourth-order valence-electron chi connectivity index (χ4n) is 5.36. The van der Waals surface area contributed by atoms with E-state index in [0.717, 1.165) is 24.3 Å². The smallest absolute Gasteiger partial charge is 0.343 e. The van der Waals surface area contributed by atoms with Crippen LogP contribution < -0.4 is 4.74 Å². The number of unbranched alkanes of at least 4 members (excludes halogenated alkanes) is 6. The first-order valence-electron chi connectivity index (χ1n) is 14.0. The summed E-state index contributed by atoms with van der Waals surface area (Å²) < 4.78 is 5.62.